The summed E-state index contributed by atoms with van der Waals surface area (Å²) in [5.74, 6) is 0.368. The SMILES string of the molecule is CCC(NC(=O)c1ccc(Cl)cc1)C1[C@H]2CC(NC(=O)c3cc(C(F)(F)F)ccn3)C[C@@H]12. The molecule has 0 radical (unpaired) electrons. The summed E-state index contributed by atoms with van der Waals surface area (Å²) >= 11 is 5.88. The van der Waals surface area contributed by atoms with Crippen molar-refractivity contribution in [3.8, 4) is 0 Å². The van der Waals surface area contributed by atoms with E-state index in [9.17, 15) is 22.8 Å². The molecule has 5 atom stereocenters. The molecule has 0 bridgehead atoms. The smallest absolute Gasteiger partial charge is 0.349 e. The molecular weight excluding hydrogens is 443 g/mol. The lowest BCUT2D eigenvalue weighted by Crippen LogP contribution is -2.39. The molecule has 0 aliphatic heterocycles. The number of nitrogens with zero attached hydrogens (tertiary/aromatic N) is 1. The second-order valence-corrected chi connectivity index (χ2v) is 8.91. The highest BCUT2D eigenvalue weighted by Gasteiger charge is 2.58. The summed E-state index contributed by atoms with van der Waals surface area (Å²) in [5, 5.41) is 6.49. The zero-order chi connectivity index (χ0) is 23.0. The van der Waals surface area contributed by atoms with Crippen molar-refractivity contribution in [1.29, 1.82) is 0 Å². The van der Waals surface area contributed by atoms with Crippen molar-refractivity contribution >= 4 is 23.4 Å². The van der Waals surface area contributed by atoms with Crippen LogP contribution in [0.2, 0.25) is 5.02 Å². The monoisotopic (exact) mass is 465 g/mol. The van der Waals surface area contributed by atoms with Crippen LogP contribution >= 0.6 is 11.6 Å². The average Bonchev–Trinajstić information content (AvgIpc) is 3.25. The number of halogens is 4. The predicted molar refractivity (Wildman–Crippen MR) is 113 cm³/mol. The Balaban J connectivity index is 1.31. The van der Waals surface area contributed by atoms with Crippen LogP contribution < -0.4 is 10.6 Å². The van der Waals surface area contributed by atoms with E-state index >= 15 is 0 Å². The third-order valence-corrected chi connectivity index (χ3v) is 6.75. The van der Waals surface area contributed by atoms with E-state index < -0.39 is 17.6 Å². The Kier molecular flexibility index (Phi) is 6.16. The van der Waals surface area contributed by atoms with Crippen LogP contribution in [-0.2, 0) is 6.18 Å². The number of carbonyl (C=O) groups is 2. The Bertz CT molecular complexity index is 1000. The minimum Gasteiger partial charge on any atom is -0.349 e. The number of aromatic nitrogens is 1. The quantitative estimate of drug-likeness (QED) is 0.648. The average molecular weight is 466 g/mol. The van der Waals surface area contributed by atoms with Gasteiger partial charge < -0.3 is 10.6 Å². The first-order valence-electron chi connectivity index (χ1n) is 10.6. The summed E-state index contributed by atoms with van der Waals surface area (Å²) < 4.78 is 38.6. The number of fused-ring (bicyclic) bond motifs is 1. The topological polar surface area (TPSA) is 71.1 Å². The van der Waals surface area contributed by atoms with Crippen LogP contribution in [0.1, 0.15) is 52.6 Å². The Hall–Kier alpha value is -2.61. The maximum absolute atomic E-state index is 12.9. The molecule has 4 rings (SSSR count). The number of rotatable bonds is 6. The van der Waals surface area contributed by atoms with Gasteiger partial charge in [-0.3, -0.25) is 14.6 Å². The third-order valence-electron chi connectivity index (χ3n) is 6.49. The molecule has 170 valence electrons. The molecular formula is C23H23ClF3N3O2. The Morgan fingerprint density at radius 2 is 1.78 bits per heavy atom. The highest BCUT2D eigenvalue weighted by Crippen LogP contribution is 2.59. The van der Waals surface area contributed by atoms with Gasteiger partial charge in [0.25, 0.3) is 11.8 Å². The predicted octanol–water partition coefficient (Wildman–Crippen LogP) is 4.72. The third kappa shape index (κ3) is 4.75. The van der Waals surface area contributed by atoms with E-state index in [1.54, 1.807) is 24.3 Å². The van der Waals surface area contributed by atoms with Crippen molar-refractivity contribution in [3.05, 3.63) is 64.4 Å². The van der Waals surface area contributed by atoms with Crippen LogP contribution in [0.3, 0.4) is 0 Å². The van der Waals surface area contributed by atoms with Gasteiger partial charge >= 0.3 is 6.18 Å². The maximum Gasteiger partial charge on any atom is 0.416 e. The van der Waals surface area contributed by atoms with Crippen molar-refractivity contribution in [2.45, 2.75) is 44.4 Å². The van der Waals surface area contributed by atoms with Gasteiger partial charge in [-0.25, -0.2) is 0 Å². The van der Waals surface area contributed by atoms with Crippen molar-refractivity contribution in [2.75, 3.05) is 0 Å². The molecule has 32 heavy (non-hydrogen) atoms. The summed E-state index contributed by atoms with van der Waals surface area (Å²) in [6, 6.07) is 8.27. The highest BCUT2D eigenvalue weighted by atomic mass is 35.5. The second-order valence-electron chi connectivity index (χ2n) is 8.47. The molecule has 2 amide bonds. The largest absolute Gasteiger partial charge is 0.416 e. The fraction of sp³-hybridized carbons (Fsp3) is 0.435. The minimum absolute atomic E-state index is 0.0370. The summed E-state index contributed by atoms with van der Waals surface area (Å²) in [6.07, 6.45) is -1.25. The van der Waals surface area contributed by atoms with Crippen molar-refractivity contribution < 1.29 is 22.8 Å². The van der Waals surface area contributed by atoms with Crippen LogP contribution in [0.15, 0.2) is 42.6 Å². The van der Waals surface area contributed by atoms with Gasteiger partial charge in [0, 0.05) is 28.9 Å². The zero-order valence-electron chi connectivity index (χ0n) is 17.3. The first-order valence-corrected chi connectivity index (χ1v) is 11.0. The van der Waals surface area contributed by atoms with Gasteiger partial charge in [0.2, 0.25) is 0 Å². The molecule has 2 aromatic rings. The summed E-state index contributed by atoms with van der Waals surface area (Å²) in [7, 11) is 0. The number of amides is 2. The lowest BCUT2D eigenvalue weighted by atomic mass is 9.99. The van der Waals surface area contributed by atoms with E-state index in [-0.39, 0.29) is 23.7 Å². The molecule has 1 aromatic heterocycles. The van der Waals surface area contributed by atoms with E-state index in [0.717, 1.165) is 37.6 Å². The molecule has 2 saturated carbocycles. The fourth-order valence-electron chi connectivity index (χ4n) is 4.92. The van der Waals surface area contributed by atoms with Gasteiger partial charge in [0.1, 0.15) is 5.69 Å². The van der Waals surface area contributed by atoms with E-state index in [1.807, 2.05) is 6.92 Å². The fourth-order valence-corrected chi connectivity index (χ4v) is 5.05. The molecule has 0 saturated heterocycles. The van der Waals surface area contributed by atoms with E-state index in [4.69, 9.17) is 11.6 Å². The highest BCUT2D eigenvalue weighted by molar-refractivity contribution is 6.30. The molecule has 1 heterocycles. The maximum atomic E-state index is 12.9. The molecule has 9 heteroatoms. The molecule has 1 aromatic carbocycles. The van der Waals surface area contributed by atoms with Crippen LogP contribution in [0.5, 0.6) is 0 Å². The Morgan fingerprint density at radius 3 is 2.38 bits per heavy atom. The normalized spacial score (nSPS) is 25.0. The van der Waals surface area contributed by atoms with Gasteiger partial charge in [-0.05, 0) is 73.4 Å². The van der Waals surface area contributed by atoms with Crippen molar-refractivity contribution in [3.63, 3.8) is 0 Å². The van der Waals surface area contributed by atoms with E-state index in [0.29, 0.717) is 28.3 Å². The van der Waals surface area contributed by atoms with Crippen molar-refractivity contribution in [1.82, 2.24) is 15.6 Å². The molecule has 2 aliphatic carbocycles. The van der Waals surface area contributed by atoms with Gasteiger partial charge in [-0.2, -0.15) is 13.2 Å². The number of hydrogen-bond donors (Lipinski definition) is 2. The second kappa shape index (κ2) is 8.73. The van der Waals surface area contributed by atoms with E-state index in [2.05, 4.69) is 15.6 Å². The molecule has 2 N–H and O–H groups in total. The van der Waals surface area contributed by atoms with Crippen LogP contribution in [0.4, 0.5) is 13.2 Å². The van der Waals surface area contributed by atoms with Crippen LogP contribution in [-0.4, -0.2) is 28.9 Å². The Labute approximate surface area is 188 Å². The molecule has 0 spiro atoms. The molecule has 2 fully saturated rings. The van der Waals surface area contributed by atoms with Crippen LogP contribution in [0, 0.1) is 17.8 Å². The lowest BCUT2D eigenvalue weighted by molar-refractivity contribution is -0.137. The number of carbonyl (C=O) groups excluding carboxylic acids is 2. The summed E-state index contributed by atoms with van der Waals surface area (Å²) in [4.78, 5) is 28.7. The first kappa shape index (κ1) is 22.6. The number of nitrogens with one attached hydrogen (secondary N) is 2. The molecule has 2 aliphatic rings. The Morgan fingerprint density at radius 1 is 1.12 bits per heavy atom. The van der Waals surface area contributed by atoms with Gasteiger partial charge in [0.15, 0.2) is 0 Å². The minimum atomic E-state index is -4.52. The number of hydrogen-bond acceptors (Lipinski definition) is 3. The lowest BCUT2D eigenvalue weighted by Gasteiger charge is -2.22. The van der Waals surface area contributed by atoms with Crippen molar-refractivity contribution in [2.24, 2.45) is 17.8 Å². The summed E-state index contributed by atoms with van der Waals surface area (Å²) in [5.41, 5.74) is -0.579. The number of alkyl halides is 3. The van der Waals surface area contributed by atoms with Gasteiger partial charge in [-0.1, -0.05) is 18.5 Å². The first-order chi connectivity index (χ1) is 15.2. The number of pyridine rings is 1. The van der Waals surface area contributed by atoms with Gasteiger partial charge in [0.05, 0.1) is 5.56 Å². The van der Waals surface area contributed by atoms with Crippen LogP contribution in [0.25, 0.3) is 0 Å². The van der Waals surface area contributed by atoms with E-state index in [1.165, 1.54) is 0 Å². The standard InChI is InChI=1S/C23H23ClF3N3O2/c1-2-18(30-21(31)12-3-5-14(24)6-4-12)20-16-10-15(11-17(16)20)29-22(32)19-9-13(7-8-28-19)23(25,26)27/h3-9,15-18,20H,2,10-11H2,1H3,(H,29,32)(H,30,31)/t15?,16-,17+,18?,20?. The van der Waals surface area contributed by atoms with Gasteiger partial charge in [-0.15, -0.1) is 0 Å². The zero-order valence-corrected chi connectivity index (χ0v) is 18.1. The summed E-state index contributed by atoms with van der Waals surface area (Å²) in [6.45, 7) is 2.03. The number of benzene rings is 1. The molecule has 3 unspecified atom stereocenters. The molecule has 5 nitrogen and oxygen atoms in total.